The summed E-state index contributed by atoms with van der Waals surface area (Å²) in [5.41, 5.74) is 0. The Balaban J connectivity index is 1.24. The van der Waals surface area contributed by atoms with Crippen molar-refractivity contribution in [3.8, 4) is 0 Å². The summed E-state index contributed by atoms with van der Waals surface area (Å²) in [5.74, 6) is 3.40. The zero-order chi connectivity index (χ0) is 13.0. The number of carbonyl (C=O) groups is 1. The minimum Gasteiger partial charge on any atom is -0.377 e. The maximum atomic E-state index is 12.1. The molecule has 19 heavy (non-hydrogen) atoms. The molecule has 3 atom stereocenters. The molecule has 0 aromatic heterocycles. The van der Waals surface area contributed by atoms with E-state index in [0.717, 1.165) is 44.2 Å². The van der Waals surface area contributed by atoms with Crippen molar-refractivity contribution in [1.29, 1.82) is 0 Å². The number of hydrogen-bond acceptors (Lipinski definition) is 3. The van der Waals surface area contributed by atoms with E-state index in [9.17, 15) is 4.79 Å². The molecule has 4 aliphatic rings. The van der Waals surface area contributed by atoms with E-state index in [0.29, 0.717) is 28.6 Å². The predicted octanol–water partition coefficient (Wildman–Crippen LogP) is 2.16. The fourth-order valence-electron chi connectivity index (χ4n) is 3.39. The standard InChI is InChI=1S/C15H23NO2S/c1-10-4-13(10)14(17)16-8-15(9-16)5-12(7-19-15)18-6-11-2-3-11/h10-13H,2-9H2,1H3. The van der Waals surface area contributed by atoms with E-state index in [1.165, 1.54) is 12.8 Å². The third-order valence-corrected chi connectivity index (χ3v) is 6.71. The van der Waals surface area contributed by atoms with Crippen molar-refractivity contribution in [3.05, 3.63) is 0 Å². The van der Waals surface area contributed by atoms with Gasteiger partial charge in [-0.3, -0.25) is 4.79 Å². The summed E-state index contributed by atoms with van der Waals surface area (Å²) in [7, 11) is 0. The van der Waals surface area contributed by atoms with Crippen LogP contribution in [0.1, 0.15) is 32.6 Å². The van der Waals surface area contributed by atoms with Gasteiger partial charge in [0.25, 0.3) is 0 Å². The van der Waals surface area contributed by atoms with Crippen LogP contribution in [0.3, 0.4) is 0 Å². The number of thioether (sulfide) groups is 1. The van der Waals surface area contributed by atoms with Gasteiger partial charge in [0, 0.05) is 31.4 Å². The summed E-state index contributed by atoms with van der Waals surface area (Å²) in [4.78, 5) is 14.2. The van der Waals surface area contributed by atoms with E-state index in [2.05, 4.69) is 11.8 Å². The van der Waals surface area contributed by atoms with E-state index in [1.807, 2.05) is 11.8 Å². The highest BCUT2D eigenvalue weighted by atomic mass is 32.2. The Bertz CT molecular complexity index is 390. The summed E-state index contributed by atoms with van der Waals surface area (Å²) >= 11 is 2.05. The lowest BCUT2D eigenvalue weighted by Crippen LogP contribution is -2.61. The number of hydrogen-bond donors (Lipinski definition) is 0. The molecule has 2 saturated heterocycles. The fourth-order valence-corrected chi connectivity index (χ4v) is 4.94. The Morgan fingerprint density at radius 3 is 2.79 bits per heavy atom. The SMILES string of the molecule is CC1CC1C(=O)N1CC2(CC(OCC3CC3)CS2)C1. The second-order valence-corrected chi connectivity index (χ2v) is 8.60. The molecule has 0 aromatic rings. The maximum absolute atomic E-state index is 12.1. The van der Waals surface area contributed by atoms with Gasteiger partial charge in [-0.2, -0.15) is 0 Å². The molecule has 3 unspecified atom stereocenters. The molecule has 3 nitrogen and oxygen atoms in total. The predicted molar refractivity (Wildman–Crippen MR) is 76.1 cm³/mol. The monoisotopic (exact) mass is 281 g/mol. The Kier molecular flexibility index (Phi) is 2.89. The quantitative estimate of drug-likeness (QED) is 0.791. The molecular formula is C15H23NO2S. The number of ether oxygens (including phenoxy) is 1. The molecular weight excluding hydrogens is 258 g/mol. The van der Waals surface area contributed by atoms with Crippen LogP contribution in [0.4, 0.5) is 0 Å². The van der Waals surface area contributed by atoms with Crippen molar-refractivity contribution in [2.75, 3.05) is 25.4 Å². The number of rotatable bonds is 4. The smallest absolute Gasteiger partial charge is 0.226 e. The molecule has 1 spiro atoms. The zero-order valence-electron chi connectivity index (χ0n) is 11.6. The summed E-state index contributed by atoms with van der Waals surface area (Å²) < 4.78 is 6.36. The molecule has 4 heteroatoms. The van der Waals surface area contributed by atoms with Crippen molar-refractivity contribution in [1.82, 2.24) is 4.90 Å². The molecule has 4 rings (SSSR count). The average molecular weight is 281 g/mol. The van der Waals surface area contributed by atoms with Gasteiger partial charge < -0.3 is 9.64 Å². The van der Waals surface area contributed by atoms with Crippen LogP contribution >= 0.6 is 11.8 Å². The summed E-state index contributed by atoms with van der Waals surface area (Å²) in [6, 6.07) is 0. The Morgan fingerprint density at radius 1 is 1.42 bits per heavy atom. The van der Waals surface area contributed by atoms with Gasteiger partial charge in [-0.15, -0.1) is 11.8 Å². The number of amides is 1. The molecule has 2 saturated carbocycles. The zero-order valence-corrected chi connectivity index (χ0v) is 12.5. The number of nitrogens with zero attached hydrogens (tertiary/aromatic N) is 1. The first-order valence-corrected chi connectivity index (χ1v) is 8.68. The van der Waals surface area contributed by atoms with E-state index >= 15 is 0 Å². The van der Waals surface area contributed by atoms with Gasteiger partial charge in [-0.1, -0.05) is 6.92 Å². The van der Waals surface area contributed by atoms with Crippen LogP contribution in [0.25, 0.3) is 0 Å². The lowest BCUT2D eigenvalue weighted by Gasteiger charge is -2.47. The maximum Gasteiger partial charge on any atom is 0.226 e. The third-order valence-electron chi connectivity index (χ3n) is 5.14. The van der Waals surface area contributed by atoms with Crippen molar-refractivity contribution in [2.45, 2.75) is 43.5 Å². The lowest BCUT2D eigenvalue weighted by atomic mass is 9.92. The highest BCUT2D eigenvalue weighted by Gasteiger charge is 2.53. The fraction of sp³-hybridized carbons (Fsp3) is 0.933. The molecule has 2 heterocycles. The highest BCUT2D eigenvalue weighted by Crippen LogP contribution is 2.49. The molecule has 4 fully saturated rings. The van der Waals surface area contributed by atoms with Crippen LogP contribution in [0.5, 0.6) is 0 Å². The molecule has 0 radical (unpaired) electrons. The van der Waals surface area contributed by atoms with Crippen LogP contribution in [0, 0.1) is 17.8 Å². The molecule has 1 amide bonds. The molecule has 2 aliphatic heterocycles. The largest absolute Gasteiger partial charge is 0.377 e. The first-order valence-electron chi connectivity index (χ1n) is 7.70. The molecule has 0 aromatic carbocycles. The first kappa shape index (κ1) is 12.5. The van der Waals surface area contributed by atoms with Gasteiger partial charge in [-0.05, 0) is 37.5 Å². The van der Waals surface area contributed by atoms with E-state index in [1.54, 1.807) is 0 Å². The van der Waals surface area contributed by atoms with Gasteiger partial charge in [0.2, 0.25) is 5.91 Å². The van der Waals surface area contributed by atoms with Crippen LogP contribution in [0.15, 0.2) is 0 Å². The summed E-state index contributed by atoms with van der Waals surface area (Å²) in [5, 5.41) is 0. The van der Waals surface area contributed by atoms with E-state index in [4.69, 9.17) is 4.74 Å². The normalized spacial score (nSPS) is 39.4. The van der Waals surface area contributed by atoms with Crippen LogP contribution < -0.4 is 0 Å². The molecule has 0 N–H and O–H groups in total. The second-order valence-electron chi connectivity index (χ2n) is 7.11. The minimum absolute atomic E-state index is 0.349. The van der Waals surface area contributed by atoms with Crippen molar-refractivity contribution in [3.63, 3.8) is 0 Å². The Morgan fingerprint density at radius 2 is 2.16 bits per heavy atom. The first-order chi connectivity index (χ1) is 9.15. The number of carbonyl (C=O) groups excluding carboxylic acids is 1. The van der Waals surface area contributed by atoms with Gasteiger partial charge in [0.15, 0.2) is 0 Å². The van der Waals surface area contributed by atoms with Gasteiger partial charge >= 0.3 is 0 Å². The van der Waals surface area contributed by atoms with Gasteiger partial charge in [0.1, 0.15) is 0 Å². The van der Waals surface area contributed by atoms with E-state index in [-0.39, 0.29) is 0 Å². The number of likely N-dealkylation sites (tertiary alicyclic amines) is 1. The topological polar surface area (TPSA) is 29.5 Å². The van der Waals surface area contributed by atoms with Crippen molar-refractivity contribution < 1.29 is 9.53 Å². The highest BCUT2D eigenvalue weighted by molar-refractivity contribution is 8.01. The molecule has 2 aliphatic carbocycles. The van der Waals surface area contributed by atoms with Crippen LogP contribution in [-0.2, 0) is 9.53 Å². The Labute approximate surface area is 119 Å². The summed E-state index contributed by atoms with van der Waals surface area (Å²) in [6.07, 6.45) is 5.46. The minimum atomic E-state index is 0.349. The van der Waals surface area contributed by atoms with E-state index < -0.39 is 0 Å². The Hall–Kier alpha value is -0.220. The van der Waals surface area contributed by atoms with Gasteiger partial charge in [-0.25, -0.2) is 0 Å². The van der Waals surface area contributed by atoms with Gasteiger partial charge in [0.05, 0.1) is 10.9 Å². The van der Waals surface area contributed by atoms with Crippen molar-refractivity contribution >= 4 is 17.7 Å². The average Bonchev–Trinajstić information content (AvgIpc) is 3.25. The molecule has 106 valence electrons. The van der Waals surface area contributed by atoms with Crippen LogP contribution in [-0.4, -0.2) is 47.1 Å². The third kappa shape index (κ3) is 2.42. The molecule has 0 bridgehead atoms. The second kappa shape index (κ2) is 4.39. The van der Waals surface area contributed by atoms with Crippen molar-refractivity contribution in [2.24, 2.45) is 17.8 Å². The lowest BCUT2D eigenvalue weighted by molar-refractivity contribution is -0.138. The summed E-state index contributed by atoms with van der Waals surface area (Å²) in [6.45, 7) is 5.11. The van der Waals surface area contributed by atoms with Crippen LogP contribution in [0.2, 0.25) is 0 Å².